The Bertz CT molecular complexity index is 397. The van der Waals surface area contributed by atoms with E-state index in [1.165, 1.54) is 0 Å². The Morgan fingerprint density at radius 3 is 2.36 bits per heavy atom. The Morgan fingerprint density at radius 1 is 1.14 bits per heavy atom. The zero-order valence-electron chi connectivity index (χ0n) is 14.0. The van der Waals surface area contributed by atoms with Crippen molar-refractivity contribution < 1.29 is 14.7 Å². The third kappa shape index (κ3) is 3.45. The maximum atomic E-state index is 12.8. The highest BCUT2D eigenvalue weighted by molar-refractivity contribution is 5.88. The summed E-state index contributed by atoms with van der Waals surface area (Å²) in [5.74, 6) is 0.206. The second kappa shape index (κ2) is 7.44. The van der Waals surface area contributed by atoms with Gasteiger partial charge in [-0.25, -0.2) is 0 Å². The maximum Gasteiger partial charge on any atom is 0.245 e. The van der Waals surface area contributed by atoms with Crippen LogP contribution in [-0.4, -0.2) is 59.0 Å². The van der Waals surface area contributed by atoms with E-state index in [1.807, 2.05) is 11.8 Å². The van der Waals surface area contributed by atoms with Gasteiger partial charge in [0.25, 0.3) is 0 Å². The van der Waals surface area contributed by atoms with Gasteiger partial charge in [-0.1, -0.05) is 13.8 Å². The van der Waals surface area contributed by atoms with E-state index < -0.39 is 0 Å². The highest BCUT2D eigenvalue weighted by atomic mass is 16.3. The van der Waals surface area contributed by atoms with Crippen molar-refractivity contribution in [3.63, 3.8) is 0 Å². The van der Waals surface area contributed by atoms with E-state index in [4.69, 9.17) is 0 Å². The van der Waals surface area contributed by atoms with Gasteiger partial charge in [-0.3, -0.25) is 9.59 Å². The molecule has 0 aromatic rings. The van der Waals surface area contributed by atoms with Crippen LogP contribution in [0, 0.1) is 5.41 Å². The third-order valence-corrected chi connectivity index (χ3v) is 5.63. The van der Waals surface area contributed by atoms with Gasteiger partial charge in [0, 0.05) is 32.7 Å². The van der Waals surface area contributed by atoms with Crippen LogP contribution in [-0.2, 0) is 9.59 Å². The standard InChI is InChI=1S/C17H30N2O3/c1-3-15(21)19-10-6-5-7-14(19)16(22)18-11-8-17(4-2,13-20)9-12-18/h14,20H,3-13H2,1-2H3. The number of amides is 2. The summed E-state index contributed by atoms with van der Waals surface area (Å²) in [5, 5.41) is 9.61. The number of likely N-dealkylation sites (tertiary alicyclic amines) is 2. The molecule has 0 aliphatic carbocycles. The lowest BCUT2D eigenvalue weighted by Gasteiger charge is -2.43. The summed E-state index contributed by atoms with van der Waals surface area (Å²) in [6.45, 7) is 6.30. The molecule has 0 spiro atoms. The Morgan fingerprint density at radius 2 is 1.82 bits per heavy atom. The first-order chi connectivity index (χ1) is 10.6. The minimum absolute atomic E-state index is 0.0116. The molecule has 2 heterocycles. The Labute approximate surface area is 133 Å². The molecule has 1 N–H and O–H groups in total. The Kier molecular flexibility index (Phi) is 5.84. The summed E-state index contributed by atoms with van der Waals surface area (Å²) >= 11 is 0. The molecule has 2 aliphatic heterocycles. The Balaban J connectivity index is 2.00. The molecule has 0 radical (unpaired) electrons. The van der Waals surface area contributed by atoms with Gasteiger partial charge in [-0.15, -0.1) is 0 Å². The van der Waals surface area contributed by atoms with Crippen LogP contribution in [0.1, 0.15) is 58.8 Å². The van der Waals surface area contributed by atoms with Gasteiger partial charge >= 0.3 is 0 Å². The van der Waals surface area contributed by atoms with E-state index >= 15 is 0 Å². The second-order valence-electron chi connectivity index (χ2n) is 6.79. The topological polar surface area (TPSA) is 60.9 Å². The average Bonchev–Trinajstić information content (AvgIpc) is 2.60. The third-order valence-electron chi connectivity index (χ3n) is 5.63. The van der Waals surface area contributed by atoms with Crippen molar-refractivity contribution in [1.82, 2.24) is 9.80 Å². The van der Waals surface area contributed by atoms with E-state index in [2.05, 4.69) is 6.92 Å². The molecule has 126 valence electrons. The average molecular weight is 310 g/mol. The monoisotopic (exact) mass is 310 g/mol. The fraction of sp³-hybridized carbons (Fsp3) is 0.882. The van der Waals surface area contributed by atoms with Crippen molar-refractivity contribution in [3.05, 3.63) is 0 Å². The minimum atomic E-state index is -0.260. The molecule has 22 heavy (non-hydrogen) atoms. The number of rotatable bonds is 4. The first-order valence-corrected chi connectivity index (χ1v) is 8.76. The van der Waals surface area contributed by atoms with Crippen LogP contribution >= 0.6 is 0 Å². The number of piperidine rings is 2. The molecule has 2 rings (SSSR count). The number of nitrogens with zero attached hydrogens (tertiary/aromatic N) is 2. The number of carbonyl (C=O) groups excluding carboxylic acids is 2. The summed E-state index contributed by atoms with van der Waals surface area (Å²) in [7, 11) is 0. The summed E-state index contributed by atoms with van der Waals surface area (Å²) in [6, 6.07) is -0.260. The highest BCUT2D eigenvalue weighted by Crippen LogP contribution is 2.35. The summed E-state index contributed by atoms with van der Waals surface area (Å²) in [5.41, 5.74) is -0.0116. The lowest BCUT2D eigenvalue weighted by Crippen LogP contribution is -2.55. The highest BCUT2D eigenvalue weighted by Gasteiger charge is 2.38. The molecule has 2 saturated heterocycles. The van der Waals surface area contributed by atoms with Crippen molar-refractivity contribution in [2.75, 3.05) is 26.2 Å². The van der Waals surface area contributed by atoms with Gasteiger partial charge in [-0.05, 0) is 43.9 Å². The van der Waals surface area contributed by atoms with Crippen molar-refractivity contribution in [1.29, 1.82) is 0 Å². The smallest absolute Gasteiger partial charge is 0.245 e. The summed E-state index contributed by atoms with van der Waals surface area (Å²) in [4.78, 5) is 28.6. The lowest BCUT2D eigenvalue weighted by molar-refractivity contribution is -0.149. The number of hydrogen-bond acceptors (Lipinski definition) is 3. The van der Waals surface area contributed by atoms with Crippen LogP contribution in [0.5, 0.6) is 0 Å². The molecule has 5 nitrogen and oxygen atoms in total. The molecular formula is C17H30N2O3. The molecule has 2 amide bonds. The summed E-state index contributed by atoms with van der Waals surface area (Å²) in [6.07, 6.45) is 5.95. The molecule has 1 unspecified atom stereocenters. The zero-order valence-corrected chi connectivity index (χ0v) is 14.0. The quantitative estimate of drug-likeness (QED) is 0.861. The molecular weight excluding hydrogens is 280 g/mol. The number of aliphatic hydroxyl groups is 1. The molecule has 0 bridgehead atoms. The maximum absolute atomic E-state index is 12.8. The molecule has 0 aromatic carbocycles. The van der Waals surface area contributed by atoms with Gasteiger partial charge in [0.05, 0.1) is 0 Å². The van der Waals surface area contributed by atoms with E-state index in [0.717, 1.165) is 38.5 Å². The van der Waals surface area contributed by atoms with Crippen LogP contribution in [0.3, 0.4) is 0 Å². The fourth-order valence-corrected chi connectivity index (χ4v) is 3.73. The van der Waals surface area contributed by atoms with Crippen LogP contribution in [0.25, 0.3) is 0 Å². The number of carbonyl (C=O) groups is 2. The predicted octanol–water partition coefficient (Wildman–Crippen LogP) is 1.79. The SMILES string of the molecule is CCC(=O)N1CCCCC1C(=O)N1CCC(CC)(CO)CC1. The first kappa shape index (κ1) is 17.3. The van der Waals surface area contributed by atoms with Crippen LogP contribution in [0.15, 0.2) is 0 Å². The number of aliphatic hydroxyl groups excluding tert-OH is 1. The van der Waals surface area contributed by atoms with Gasteiger partial charge in [0.15, 0.2) is 0 Å². The van der Waals surface area contributed by atoms with Gasteiger partial charge in [0.1, 0.15) is 6.04 Å². The van der Waals surface area contributed by atoms with Crippen LogP contribution in [0.4, 0.5) is 0 Å². The zero-order chi connectivity index (χ0) is 16.2. The molecule has 5 heteroatoms. The first-order valence-electron chi connectivity index (χ1n) is 8.76. The van der Waals surface area contributed by atoms with Crippen molar-refractivity contribution in [2.24, 2.45) is 5.41 Å². The van der Waals surface area contributed by atoms with E-state index in [-0.39, 0.29) is 29.9 Å². The normalized spacial score (nSPS) is 25.1. The molecule has 1 atom stereocenters. The van der Waals surface area contributed by atoms with Crippen LogP contribution < -0.4 is 0 Å². The second-order valence-corrected chi connectivity index (χ2v) is 6.79. The molecule has 2 fully saturated rings. The van der Waals surface area contributed by atoms with Crippen molar-refractivity contribution in [2.45, 2.75) is 64.8 Å². The van der Waals surface area contributed by atoms with E-state index in [1.54, 1.807) is 4.90 Å². The summed E-state index contributed by atoms with van der Waals surface area (Å²) < 4.78 is 0. The van der Waals surface area contributed by atoms with Gasteiger partial charge in [0.2, 0.25) is 11.8 Å². The van der Waals surface area contributed by atoms with Crippen molar-refractivity contribution in [3.8, 4) is 0 Å². The van der Waals surface area contributed by atoms with E-state index in [9.17, 15) is 14.7 Å². The van der Waals surface area contributed by atoms with E-state index in [0.29, 0.717) is 26.1 Å². The lowest BCUT2D eigenvalue weighted by atomic mass is 9.77. The molecule has 0 aromatic heterocycles. The van der Waals surface area contributed by atoms with Gasteiger partial charge < -0.3 is 14.9 Å². The van der Waals surface area contributed by atoms with Crippen molar-refractivity contribution >= 4 is 11.8 Å². The van der Waals surface area contributed by atoms with Crippen LogP contribution in [0.2, 0.25) is 0 Å². The Hall–Kier alpha value is -1.10. The number of hydrogen-bond donors (Lipinski definition) is 1. The molecule has 0 saturated carbocycles. The van der Waals surface area contributed by atoms with Gasteiger partial charge in [-0.2, -0.15) is 0 Å². The predicted molar refractivity (Wildman–Crippen MR) is 85.3 cm³/mol. The fourth-order valence-electron chi connectivity index (χ4n) is 3.73. The largest absolute Gasteiger partial charge is 0.396 e. The minimum Gasteiger partial charge on any atom is -0.396 e. The molecule has 2 aliphatic rings.